The molecule has 0 atom stereocenters. The van der Waals surface area contributed by atoms with E-state index in [9.17, 15) is 9.18 Å². The van der Waals surface area contributed by atoms with Crippen LogP contribution in [0.5, 0.6) is 11.5 Å². The van der Waals surface area contributed by atoms with Gasteiger partial charge in [0, 0.05) is 24.6 Å². The molecule has 0 fully saturated rings. The van der Waals surface area contributed by atoms with E-state index in [1.165, 1.54) is 18.2 Å². The highest BCUT2D eigenvalue weighted by atomic mass is 19.1. The molecule has 7 heteroatoms. The number of amides is 1. The van der Waals surface area contributed by atoms with Crippen LogP contribution in [0.1, 0.15) is 11.4 Å². The number of halogens is 1. The molecule has 0 unspecified atom stereocenters. The average molecular weight is 369 g/mol. The molecule has 1 aromatic heterocycles. The number of hydrogen-bond donors (Lipinski definition) is 2. The fourth-order valence-electron chi connectivity index (χ4n) is 2.65. The first-order valence-electron chi connectivity index (χ1n) is 8.41. The number of hydrogen-bond acceptors (Lipinski definition) is 4. The van der Waals surface area contributed by atoms with E-state index in [-0.39, 0.29) is 11.7 Å². The molecule has 0 spiro atoms. The van der Waals surface area contributed by atoms with E-state index < -0.39 is 0 Å². The molecule has 0 radical (unpaired) electrons. The molecule has 27 heavy (non-hydrogen) atoms. The van der Waals surface area contributed by atoms with Crippen molar-refractivity contribution in [3.63, 3.8) is 0 Å². The van der Waals surface area contributed by atoms with Crippen molar-refractivity contribution in [2.45, 2.75) is 6.42 Å². The summed E-state index contributed by atoms with van der Waals surface area (Å²) in [6.45, 7) is 0.403. The van der Waals surface area contributed by atoms with Crippen molar-refractivity contribution >= 4 is 23.0 Å². The first-order valence-corrected chi connectivity index (χ1v) is 8.41. The number of nitrogens with zero attached hydrogens (tertiary/aromatic N) is 1. The Bertz CT molecular complexity index is 982. The lowest BCUT2D eigenvalue weighted by atomic mass is 10.1. The van der Waals surface area contributed by atoms with E-state index in [0.717, 1.165) is 5.56 Å². The van der Waals surface area contributed by atoms with Gasteiger partial charge < -0.3 is 19.8 Å². The second kappa shape index (κ2) is 8.35. The van der Waals surface area contributed by atoms with Crippen LogP contribution in [-0.2, 0) is 11.2 Å². The first kappa shape index (κ1) is 18.4. The van der Waals surface area contributed by atoms with Crippen molar-refractivity contribution in [1.29, 1.82) is 0 Å². The second-order valence-corrected chi connectivity index (χ2v) is 5.83. The molecule has 0 saturated heterocycles. The molecule has 3 rings (SSSR count). The third kappa shape index (κ3) is 4.63. The normalized spacial score (nSPS) is 11.1. The monoisotopic (exact) mass is 369 g/mol. The highest BCUT2D eigenvalue weighted by molar-refractivity contribution is 5.92. The summed E-state index contributed by atoms with van der Waals surface area (Å²) in [5, 5.41) is 2.79. The fraction of sp³-hybridized carbons (Fsp3) is 0.200. The zero-order valence-electron chi connectivity index (χ0n) is 15.1. The number of carbonyl (C=O) groups is 1. The summed E-state index contributed by atoms with van der Waals surface area (Å²) in [6.07, 6.45) is 3.62. The summed E-state index contributed by atoms with van der Waals surface area (Å²) in [6, 6.07) is 9.74. The van der Waals surface area contributed by atoms with Crippen LogP contribution in [0, 0.1) is 5.82 Å². The number of nitrogens with one attached hydrogen (secondary N) is 2. The standard InChI is InChI=1S/C20H20FN3O3/c1-26-15-5-7-18(27-2)13(11-15)3-8-20(25)22-10-9-19-23-16-6-4-14(21)12-17(16)24-19/h3-8,11-12H,9-10H2,1-2H3,(H,22,25)(H,23,24)/b8-3+. The molecule has 1 amide bonds. The Labute approximate surface area is 156 Å². The molecule has 2 N–H and O–H groups in total. The number of methoxy groups -OCH3 is 2. The van der Waals surface area contributed by atoms with Crippen molar-refractivity contribution in [3.8, 4) is 11.5 Å². The van der Waals surface area contributed by atoms with Crippen LogP contribution in [-0.4, -0.2) is 36.6 Å². The largest absolute Gasteiger partial charge is 0.497 e. The summed E-state index contributed by atoms with van der Waals surface area (Å²) < 4.78 is 23.7. The summed E-state index contributed by atoms with van der Waals surface area (Å²) in [5.41, 5.74) is 2.08. The van der Waals surface area contributed by atoms with E-state index >= 15 is 0 Å². The fourth-order valence-corrected chi connectivity index (χ4v) is 2.65. The minimum Gasteiger partial charge on any atom is -0.497 e. The van der Waals surface area contributed by atoms with Gasteiger partial charge >= 0.3 is 0 Å². The van der Waals surface area contributed by atoms with Crippen LogP contribution in [0.4, 0.5) is 4.39 Å². The van der Waals surface area contributed by atoms with Gasteiger partial charge in [0.25, 0.3) is 0 Å². The minimum atomic E-state index is -0.316. The van der Waals surface area contributed by atoms with Crippen LogP contribution < -0.4 is 14.8 Å². The van der Waals surface area contributed by atoms with Crippen LogP contribution in [0.15, 0.2) is 42.5 Å². The number of carbonyl (C=O) groups excluding carboxylic acids is 1. The molecule has 0 saturated carbocycles. The predicted molar refractivity (Wildman–Crippen MR) is 101 cm³/mol. The van der Waals surface area contributed by atoms with Gasteiger partial charge in [-0.15, -0.1) is 0 Å². The topological polar surface area (TPSA) is 76.2 Å². The molecule has 3 aromatic rings. The predicted octanol–water partition coefficient (Wildman–Crippen LogP) is 3.09. The van der Waals surface area contributed by atoms with Crippen molar-refractivity contribution in [2.24, 2.45) is 0 Å². The van der Waals surface area contributed by atoms with Gasteiger partial charge in [0.15, 0.2) is 0 Å². The van der Waals surface area contributed by atoms with Crippen molar-refractivity contribution in [1.82, 2.24) is 15.3 Å². The van der Waals surface area contributed by atoms with Gasteiger partial charge in [-0.2, -0.15) is 0 Å². The van der Waals surface area contributed by atoms with E-state index in [1.54, 1.807) is 44.6 Å². The lowest BCUT2D eigenvalue weighted by Crippen LogP contribution is -2.23. The zero-order chi connectivity index (χ0) is 19.2. The van der Waals surface area contributed by atoms with Crippen LogP contribution in [0.2, 0.25) is 0 Å². The smallest absolute Gasteiger partial charge is 0.244 e. The molecular weight excluding hydrogens is 349 g/mol. The second-order valence-electron chi connectivity index (χ2n) is 5.83. The summed E-state index contributed by atoms with van der Waals surface area (Å²) in [7, 11) is 3.15. The van der Waals surface area contributed by atoms with Crippen molar-refractivity contribution < 1.29 is 18.7 Å². The van der Waals surface area contributed by atoms with E-state index in [0.29, 0.717) is 41.3 Å². The Morgan fingerprint density at radius 2 is 2.07 bits per heavy atom. The Morgan fingerprint density at radius 3 is 2.85 bits per heavy atom. The van der Waals surface area contributed by atoms with Gasteiger partial charge in [0.2, 0.25) is 5.91 Å². The Morgan fingerprint density at radius 1 is 1.22 bits per heavy atom. The maximum absolute atomic E-state index is 13.2. The number of fused-ring (bicyclic) bond motifs is 1. The maximum atomic E-state index is 13.2. The zero-order valence-corrected chi connectivity index (χ0v) is 15.1. The summed E-state index contributed by atoms with van der Waals surface area (Å²) in [5.74, 6) is 1.46. The highest BCUT2D eigenvalue weighted by Gasteiger charge is 2.05. The minimum absolute atomic E-state index is 0.234. The molecule has 0 aliphatic carbocycles. The van der Waals surface area contributed by atoms with Gasteiger partial charge in [0.05, 0.1) is 25.3 Å². The van der Waals surface area contributed by atoms with Crippen LogP contribution in [0.25, 0.3) is 17.1 Å². The van der Waals surface area contributed by atoms with Gasteiger partial charge in [0.1, 0.15) is 23.1 Å². The van der Waals surface area contributed by atoms with Crippen molar-refractivity contribution in [2.75, 3.05) is 20.8 Å². The third-order valence-electron chi connectivity index (χ3n) is 4.01. The number of imidazole rings is 1. The summed E-state index contributed by atoms with van der Waals surface area (Å²) in [4.78, 5) is 19.4. The van der Waals surface area contributed by atoms with E-state index in [1.807, 2.05) is 0 Å². The molecule has 0 aliphatic rings. The molecule has 1 heterocycles. The van der Waals surface area contributed by atoms with Gasteiger partial charge in [-0.1, -0.05) is 0 Å². The Hall–Kier alpha value is -3.35. The van der Waals surface area contributed by atoms with Crippen LogP contribution in [0.3, 0.4) is 0 Å². The average Bonchev–Trinajstić information content (AvgIpc) is 3.07. The number of aromatic amines is 1. The van der Waals surface area contributed by atoms with Crippen LogP contribution >= 0.6 is 0 Å². The van der Waals surface area contributed by atoms with Gasteiger partial charge in [-0.05, 0) is 42.5 Å². The number of benzene rings is 2. The lowest BCUT2D eigenvalue weighted by Gasteiger charge is -2.07. The molecule has 6 nitrogen and oxygen atoms in total. The number of rotatable bonds is 7. The van der Waals surface area contributed by atoms with Gasteiger partial charge in [-0.3, -0.25) is 4.79 Å². The van der Waals surface area contributed by atoms with E-state index in [2.05, 4.69) is 15.3 Å². The van der Waals surface area contributed by atoms with Crippen molar-refractivity contribution in [3.05, 3.63) is 59.7 Å². The maximum Gasteiger partial charge on any atom is 0.244 e. The number of ether oxygens (including phenoxy) is 2. The molecule has 2 aromatic carbocycles. The SMILES string of the molecule is COc1ccc(OC)c(/C=C/C(=O)NCCc2nc3ccc(F)cc3[nH]2)c1. The third-order valence-corrected chi connectivity index (χ3v) is 4.01. The summed E-state index contributed by atoms with van der Waals surface area (Å²) >= 11 is 0. The Kier molecular flexibility index (Phi) is 5.71. The first-order chi connectivity index (χ1) is 13.1. The number of aromatic nitrogens is 2. The lowest BCUT2D eigenvalue weighted by molar-refractivity contribution is -0.116. The molecule has 0 aliphatic heterocycles. The Balaban J connectivity index is 1.57. The molecular formula is C20H20FN3O3. The quantitative estimate of drug-likeness (QED) is 0.628. The number of H-pyrrole nitrogens is 1. The van der Waals surface area contributed by atoms with Gasteiger partial charge in [-0.25, -0.2) is 9.37 Å². The van der Waals surface area contributed by atoms with E-state index in [4.69, 9.17) is 9.47 Å². The highest BCUT2D eigenvalue weighted by Crippen LogP contribution is 2.25. The molecule has 0 bridgehead atoms. The molecule has 140 valence electrons.